The van der Waals surface area contributed by atoms with Crippen LogP contribution in [0.2, 0.25) is 0 Å². The van der Waals surface area contributed by atoms with Gasteiger partial charge in [0.25, 0.3) is 0 Å². The SMILES string of the molecule is CC(C)CC(=Cc1cccc(C(F)(F)F)c1)[N+](=O)[O-]. The average molecular weight is 273 g/mol. The van der Waals surface area contributed by atoms with Crippen LogP contribution in [0.1, 0.15) is 31.4 Å². The van der Waals surface area contributed by atoms with Crippen molar-refractivity contribution in [2.45, 2.75) is 26.4 Å². The van der Waals surface area contributed by atoms with Crippen LogP contribution in [0.15, 0.2) is 30.0 Å². The lowest BCUT2D eigenvalue weighted by Gasteiger charge is -2.07. The van der Waals surface area contributed by atoms with Crippen LogP contribution in [-0.4, -0.2) is 4.92 Å². The van der Waals surface area contributed by atoms with Gasteiger partial charge < -0.3 is 0 Å². The van der Waals surface area contributed by atoms with Gasteiger partial charge >= 0.3 is 6.18 Å². The van der Waals surface area contributed by atoms with Gasteiger partial charge in [-0.05, 0) is 23.6 Å². The quantitative estimate of drug-likeness (QED) is 0.604. The largest absolute Gasteiger partial charge is 0.416 e. The van der Waals surface area contributed by atoms with Gasteiger partial charge in [-0.25, -0.2) is 0 Å². The van der Waals surface area contributed by atoms with E-state index in [1.165, 1.54) is 18.2 Å². The first kappa shape index (κ1) is 15.2. The fraction of sp³-hybridized carbons (Fsp3) is 0.385. The molecule has 1 aromatic carbocycles. The van der Waals surface area contributed by atoms with E-state index in [1.54, 1.807) is 0 Å². The summed E-state index contributed by atoms with van der Waals surface area (Å²) in [5, 5.41) is 10.8. The zero-order chi connectivity index (χ0) is 14.6. The number of nitrogens with zero attached hydrogens (tertiary/aromatic N) is 1. The molecule has 0 amide bonds. The van der Waals surface area contributed by atoms with Gasteiger partial charge in [0.2, 0.25) is 5.70 Å². The minimum Gasteiger partial charge on any atom is -0.259 e. The van der Waals surface area contributed by atoms with Crippen molar-refractivity contribution in [1.82, 2.24) is 0 Å². The Bertz CT molecular complexity index is 493. The van der Waals surface area contributed by atoms with Crippen molar-refractivity contribution in [3.05, 3.63) is 51.2 Å². The highest BCUT2D eigenvalue weighted by molar-refractivity contribution is 5.52. The molecule has 0 saturated heterocycles. The highest BCUT2D eigenvalue weighted by Gasteiger charge is 2.30. The van der Waals surface area contributed by atoms with E-state index in [2.05, 4.69) is 0 Å². The van der Waals surface area contributed by atoms with Crippen molar-refractivity contribution in [1.29, 1.82) is 0 Å². The lowest BCUT2D eigenvalue weighted by atomic mass is 10.0. The van der Waals surface area contributed by atoms with Crippen LogP contribution in [0.4, 0.5) is 13.2 Å². The molecule has 1 aromatic rings. The number of hydrogen-bond acceptors (Lipinski definition) is 2. The van der Waals surface area contributed by atoms with Crippen LogP contribution < -0.4 is 0 Å². The van der Waals surface area contributed by atoms with Crippen LogP contribution in [0.25, 0.3) is 6.08 Å². The van der Waals surface area contributed by atoms with Crippen LogP contribution >= 0.6 is 0 Å². The molecule has 0 spiro atoms. The fourth-order valence-corrected chi connectivity index (χ4v) is 1.60. The summed E-state index contributed by atoms with van der Waals surface area (Å²) in [4.78, 5) is 10.3. The highest BCUT2D eigenvalue weighted by Crippen LogP contribution is 2.30. The van der Waals surface area contributed by atoms with Crippen molar-refractivity contribution in [3.8, 4) is 0 Å². The molecular weight excluding hydrogens is 259 g/mol. The molecule has 0 atom stereocenters. The normalized spacial score (nSPS) is 12.8. The van der Waals surface area contributed by atoms with Crippen molar-refractivity contribution in [2.24, 2.45) is 5.92 Å². The number of alkyl halides is 3. The van der Waals surface area contributed by atoms with Crippen LogP contribution in [0.3, 0.4) is 0 Å². The van der Waals surface area contributed by atoms with Crippen molar-refractivity contribution in [3.63, 3.8) is 0 Å². The van der Waals surface area contributed by atoms with E-state index in [4.69, 9.17) is 0 Å². The second-order valence-corrected chi connectivity index (χ2v) is 4.61. The van der Waals surface area contributed by atoms with Crippen molar-refractivity contribution in [2.75, 3.05) is 0 Å². The van der Waals surface area contributed by atoms with Gasteiger partial charge in [0.05, 0.1) is 10.5 Å². The first-order chi connectivity index (χ1) is 8.70. The monoisotopic (exact) mass is 273 g/mol. The van der Waals surface area contributed by atoms with Crippen LogP contribution in [0.5, 0.6) is 0 Å². The summed E-state index contributed by atoms with van der Waals surface area (Å²) in [6, 6.07) is 4.50. The molecule has 0 aliphatic rings. The molecule has 0 aliphatic heterocycles. The molecule has 6 heteroatoms. The van der Waals surface area contributed by atoms with E-state index in [0.29, 0.717) is 0 Å². The standard InChI is InChI=1S/C13H14F3NO2/c1-9(2)6-12(17(18)19)8-10-4-3-5-11(7-10)13(14,15)16/h3-5,7-9H,6H2,1-2H3. The number of nitro groups is 1. The Kier molecular flexibility index (Phi) is 4.69. The van der Waals surface area contributed by atoms with E-state index >= 15 is 0 Å². The molecular formula is C13H14F3NO2. The third kappa shape index (κ3) is 4.73. The molecule has 0 unspecified atom stereocenters. The molecule has 0 radical (unpaired) electrons. The molecule has 0 heterocycles. The Morgan fingerprint density at radius 2 is 2.05 bits per heavy atom. The summed E-state index contributed by atoms with van der Waals surface area (Å²) in [6.07, 6.45) is -3.05. The summed E-state index contributed by atoms with van der Waals surface area (Å²) < 4.78 is 37.6. The molecule has 0 aliphatic carbocycles. The predicted molar refractivity (Wildman–Crippen MR) is 65.9 cm³/mol. The number of benzene rings is 1. The highest BCUT2D eigenvalue weighted by atomic mass is 19.4. The molecule has 0 saturated carbocycles. The van der Waals surface area contributed by atoms with E-state index in [-0.39, 0.29) is 23.6 Å². The lowest BCUT2D eigenvalue weighted by molar-refractivity contribution is -0.427. The third-order valence-electron chi connectivity index (χ3n) is 2.40. The Labute approximate surface area is 108 Å². The van der Waals surface area contributed by atoms with Gasteiger partial charge in [0.15, 0.2) is 0 Å². The third-order valence-corrected chi connectivity index (χ3v) is 2.40. The first-order valence-corrected chi connectivity index (χ1v) is 5.72. The Hall–Kier alpha value is -1.85. The zero-order valence-corrected chi connectivity index (χ0v) is 10.6. The van der Waals surface area contributed by atoms with E-state index in [9.17, 15) is 23.3 Å². The molecule has 0 aromatic heterocycles. The summed E-state index contributed by atoms with van der Waals surface area (Å²) in [5.74, 6) is 0.0578. The Morgan fingerprint density at radius 3 is 2.53 bits per heavy atom. The summed E-state index contributed by atoms with van der Waals surface area (Å²) in [7, 11) is 0. The average Bonchev–Trinajstić information content (AvgIpc) is 2.26. The maximum Gasteiger partial charge on any atom is 0.416 e. The molecule has 0 bridgehead atoms. The molecule has 0 N–H and O–H groups in total. The number of rotatable bonds is 4. The second kappa shape index (κ2) is 5.86. The molecule has 0 fully saturated rings. The smallest absolute Gasteiger partial charge is 0.259 e. The fourth-order valence-electron chi connectivity index (χ4n) is 1.60. The number of halogens is 3. The predicted octanol–water partition coefficient (Wildman–Crippen LogP) is 4.37. The van der Waals surface area contributed by atoms with Gasteiger partial charge in [-0.15, -0.1) is 0 Å². The van der Waals surface area contributed by atoms with Gasteiger partial charge in [-0.1, -0.05) is 26.0 Å². The molecule has 104 valence electrons. The minimum absolute atomic E-state index is 0.0578. The van der Waals surface area contributed by atoms with E-state index in [0.717, 1.165) is 12.1 Å². The van der Waals surface area contributed by atoms with Crippen LogP contribution in [0, 0.1) is 16.0 Å². The molecule has 1 rings (SSSR count). The van der Waals surface area contributed by atoms with Crippen molar-refractivity contribution < 1.29 is 18.1 Å². The van der Waals surface area contributed by atoms with Gasteiger partial charge in [-0.2, -0.15) is 13.2 Å². The van der Waals surface area contributed by atoms with Gasteiger partial charge in [0, 0.05) is 12.5 Å². The summed E-state index contributed by atoms with van der Waals surface area (Å²) in [6.45, 7) is 3.62. The van der Waals surface area contributed by atoms with E-state index < -0.39 is 16.7 Å². The minimum atomic E-state index is -4.45. The topological polar surface area (TPSA) is 43.1 Å². The first-order valence-electron chi connectivity index (χ1n) is 5.72. The maximum atomic E-state index is 12.5. The van der Waals surface area contributed by atoms with Gasteiger partial charge in [0.1, 0.15) is 0 Å². The second-order valence-electron chi connectivity index (χ2n) is 4.61. The Balaban J connectivity index is 3.11. The van der Waals surface area contributed by atoms with Crippen LogP contribution in [-0.2, 0) is 6.18 Å². The zero-order valence-electron chi connectivity index (χ0n) is 10.6. The summed E-state index contributed by atoms with van der Waals surface area (Å²) >= 11 is 0. The maximum absolute atomic E-state index is 12.5. The Morgan fingerprint density at radius 1 is 1.42 bits per heavy atom. The lowest BCUT2D eigenvalue weighted by Crippen LogP contribution is -2.05. The van der Waals surface area contributed by atoms with Gasteiger partial charge in [-0.3, -0.25) is 10.1 Å². The number of allylic oxidation sites excluding steroid dienone is 1. The summed E-state index contributed by atoms with van der Waals surface area (Å²) in [5.41, 5.74) is -0.718. The number of hydrogen-bond donors (Lipinski definition) is 0. The van der Waals surface area contributed by atoms with Crippen molar-refractivity contribution >= 4 is 6.08 Å². The van der Waals surface area contributed by atoms with E-state index in [1.807, 2.05) is 13.8 Å². The molecule has 3 nitrogen and oxygen atoms in total. The molecule has 19 heavy (non-hydrogen) atoms.